The van der Waals surface area contributed by atoms with E-state index in [4.69, 9.17) is 0 Å². The van der Waals surface area contributed by atoms with E-state index in [9.17, 15) is 0 Å². The predicted molar refractivity (Wildman–Crippen MR) is 335 cm³/mol. The molecule has 388 valence electrons. The summed E-state index contributed by atoms with van der Waals surface area (Å²) >= 11 is 0. The number of hydrogen-bond donors (Lipinski definition) is 0. The van der Waals surface area contributed by atoms with E-state index < -0.39 is 0 Å². The summed E-state index contributed by atoms with van der Waals surface area (Å²) < 4.78 is 0. The molecule has 3 aliphatic heterocycles. The monoisotopic (exact) mass is 1020 g/mol. The highest BCUT2D eigenvalue weighted by Crippen LogP contribution is 2.62. The van der Waals surface area contributed by atoms with Gasteiger partial charge in [-0.25, -0.2) is 0 Å². The Morgan fingerprint density at radius 2 is 1.01 bits per heavy atom. The van der Waals surface area contributed by atoms with E-state index in [0.717, 1.165) is 23.5 Å². The van der Waals surface area contributed by atoms with Gasteiger partial charge in [0.2, 0.25) is 0 Å². The van der Waals surface area contributed by atoms with Crippen LogP contribution in [0.2, 0.25) is 0 Å². The van der Waals surface area contributed by atoms with Crippen molar-refractivity contribution in [1.82, 2.24) is 0 Å². The van der Waals surface area contributed by atoms with E-state index in [0.29, 0.717) is 0 Å². The normalized spacial score (nSPS) is 17.3. The highest BCUT2D eigenvalue weighted by Gasteiger charge is 2.53. The molecule has 0 bridgehead atoms. The van der Waals surface area contributed by atoms with Gasteiger partial charge >= 0.3 is 6.85 Å². The molecule has 0 unspecified atom stereocenters. The molecule has 0 aromatic heterocycles. The summed E-state index contributed by atoms with van der Waals surface area (Å²) in [6.45, 7) is 33.5. The highest BCUT2D eigenvalue weighted by molar-refractivity contribution is 6.93. The van der Waals surface area contributed by atoms with Gasteiger partial charge in [0.1, 0.15) is 0 Å². The van der Waals surface area contributed by atoms with Crippen LogP contribution in [0.1, 0.15) is 154 Å². The van der Waals surface area contributed by atoms with Gasteiger partial charge in [0.15, 0.2) is 0 Å². The van der Waals surface area contributed by atoms with Crippen LogP contribution in [-0.2, 0) is 32.5 Å². The average molecular weight is 1020 g/mol. The van der Waals surface area contributed by atoms with Crippen molar-refractivity contribution in [3.63, 3.8) is 0 Å². The topological polar surface area (TPSA) is 9.72 Å². The molecule has 0 radical (unpaired) electrons. The molecule has 0 saturated carbocycles. The van der Waals surface area contributed by atoms with E-state index in [1.807, 2.05) is 0 Å². The maximum absolute atomic E-state index is 2.80. The van der Waals surface area contributed by atoms with Crippen LogP contribution in [0.25, 0.3) is 33.0 Å². The van der Waals surface area contributed by atoms with Crippen LogP contribution in [0, 0.1) is 0 Å². The number of para-hydroxylation sites is 1. The number of rotatable bonds is 4. The standard InChI is InChI=1S/C74H74BN3/c1-69(2,3)47-26-30-49(31-27-47)76(50-32-28-48(29-33-50)70(4,5)6)51-34-36-54-56-44-55-53-22-17-18-23-57(53)74(13,14)65(55)68-66(56)75(78(63(54)43-51)52-35-37-58-60(42-52)72(9,10)39-38-71(58,7)8)62-25-19-24-59-67(62)77(68)64-41-46-21-16-15-20-45(46)40-61(64)73(59,11)12/h15-37,40-44H,38-39H2,1-14H3. The molecule has 0 spiro atoms. The van der Waals surface area contributed by atoms with Crippen molar-refractivity contribution in [2.45, 2.75) is 142 Å². The van der Waals surface area contributed by atoms with Crippen molar-refractivity contribution in [1.29, 1.82) is 0 Å². The molecule has 9 aromatic carbocycles. The Balaban J connectivity index is 1.11. The summed E-state index contributed by atoms with van der Waals surface area (Å²) in [5.41, 5.74) is 28.6. The van der Waals surface area contributed by atoms with Gasteiger partial charge in [0, 0.05) is 56.2 Å². The second-order valence-electron chi connectivity index (χ2n) is 28.1. The summed E-state index contributed by atoms with van der Waals surface area (Å²) in [5.74, 6) is 0. The minimum absolute atomic E-state index is 0.0159. The van der Waals surface area contributed by atoms with Crippen molar-refractivity contribution in [2.75, 3.05) is 14.6 Å². The number of anilines is 8. The van der Waals surface area contributed by atoms with Crippen LogP contribution in [0.15, 0.2) is 170 Å². The van der Waals surface area contributed by atoms with Crippen molar-refractivity contribution in [3.8, 4) is 22.3 Å². The van der Waals surface area contributed by atoms with Crippen molar-refractivity contribution >= 4 is 74.0 Å². The summed E-state index contributed by atoms with van der Waals surface area (Å²) in [4.78, 5) is 8.05. The Kier molecular flexibility index (Phi) is 10.2. The molecule has 78 heavy (non-hydrogen) atoms. The van der Waals surface area contributed by atoms with Crippen LogP contribution < -0.4 is 25.5 Å². The van der Waals surface area contributed by atoms with E-state index in [1.54, 1.807) is 0 Å². The third kappa shape index (κ3) is 6.90. The minimum Gasteiger partial charge on any atom is -0.376 e. The zero-order valence-electron chi connectivity index (χ0n) is 48.5. The molecule has 0 N–H and O–H groups in total. The molecule has 0 saturated heterocycles. The van der Waals surface area contributed by atoms with E-state index in [1.165, 1.54) is 123 Å². The van der Waals surface area contributed by atoms with Gasteiger partial charge in [-0.05, 0) is 184 Å². The number of hydrogen-bond acceptors (Lipinski definition) is 3. The molecule has 0 atom stereocenters. The quantitative estimate of drug-likeness (QED) is 0.163. The van der Waals surface area contributed by atoms with E-state index >= 15 is 0 Å². The second kappa shape index (κ2) is 16.2. The first-order valence-corrected chi connectivity index (χ1v) is 28.8. The average Bonchev–Trinajstić information content (AvgIpc) is 3.19. The molecule has 9 aromatic rings. The molecule has 0 amide bonds. The zero-order chi connectivity index (χ0) is 54.4. The maximum atomic E-state index is 2.80. The first-order valence-electron chi connectivity index (χ1n) is 28.8. The molecule has 3 heterocycles. The zero-order valence-corrected chi connectivity index (χ0v) is 48.5. The largest absolute Gasteiger partial charge is 0.376 e. The molecule has 2 aliphatic carbocycles. The van der Waals surface area contributed by atoms with Gasteiger partial charge in [-0.2, -0.15) is 0 Å². The van der Waals surface area contributed by atoms with E-state index in [-0.39, 0.29) is 39.3 Å². The Morgan fingerprint density at radius 3 is 1.67 bits per heavy atom. The van der Waals surface area contributed by atoms with Gasteiger partial charge in [-0.1, -0.05) is 200 Å². The summed E-state index contributed by atoms with van der Waals surface area (Å²) in [6, 6.07) is 66.8. The lowest BCUT2D eigenvalue weighted by atomic mass is 9.42. The fourth-order valence-electron chi connectivity index (χ4n) is 14.9. The highest BCUT2D eigenvalue weighted by atomic mass is 15.2. The van der Waals surface area contributed by atoms with Gasteiger partial charge in [0.05, 0.1) is 5.69 Å². The predicted octanol–water partition coefficient (Wildman–Crippen LogP) is 18.9. The third-order valence-corrected chi connectivity index (χ3v) is 19.5. The number of fused-ring (bicyclic) bond motifs is 12. The first-order chi connectivity index (χ1) is 36.9. The fourth-order valence-corrected chi connectivity index (χ4v) is 14.9. The van der Waals surface area contributed by atoms with Crippen LogP contribution >= 0.6 is 0 Å². The lowest BCUT2D eigenvalue weighted by Gasteiger charge is -2.52. The van der Waals surface area contributed by atoms with Crippen LogP contribution in [-0.4, -0.2) is 6.85 Å². The summed E-state index contributed by atoms with van der Waals surface area (Å²) in [7, 11) is 0. The van der Waals surface area contributed by atoms with Crippen molar-refractivity contribution in [3.05, 3.63) is 214 Å². The second-order valence-corrected chi connectivity index (χ2v) is 28.1. The summed E-state index contributed by atoms with van der Waals surface area (Å²) in [6.07, 6.45) is 2.32. The molecule has 0 fully saturated rings. The van der Waals surface area contributed by atoms with Gasteiger partial charge in [0.25, 0.3) is 0 Å². The molecule has 14 rings (SSSR count). The smallest absolute Gasteiger partial charge is 0.333 e. The Bertz CT molecular complexity index is 3950. The van der Waals surface area contributed by atoms with Gasteiger partial charge in [-0.3, -0.25) is 0 Å². The van der Waals surface area contributed by atoms with Crippen molar-refractivity contribution in [2.24, 2.45) is 0 Å². The number of nitrogens with zero attached hydrogens (tertiary/aromatic N) is 3. The minimum atomic E-state index is -0.282. The van der Waals surface area contributed by atoms with Gasteiger partial charge < -0.3 is 14.6 Å². The number of benzene rings is 9. The molecule has 4 heteroatoms. The Morgan fingerprint density at radius 1 is 0.423 bits per heavy atom. The van der Waals surface area contributed by atoms with Crippen LogP contribution in [0.5, 0.6) is 0 Å². The molecule has 5 aliphatic rings. The van der Waals surface area contributed by atoms with Crippen LogP contribution in [0.4, 0.5) is 45.5 Å². The third-order valence-electron chi connectivity index (χ3n) is 19.5. The lowest BCUT2D eigenvalue weighted by molar-refractivity contribution is 0.332. The van der Waals surface area contributed by atoms with Crippen molar-refractivity contribution < 1.29 is 0 Å². The molecular weight excluding hydrogens is 942 g/mol. The van der Waals surface area contributed by atoms with E-state index in [2.05, 4.69) is 281 Å². The lowest BCUT2D eigenvalue weighted by Crippen LogP contribution is -2.63. The van der Waals surface area contributed by atoms with Gasteiger partial charge in [-0.15, -0.1) is 0 Å². The Hall–Kier alpha value is -7.30. The maximum Gasteiger partial charge on any atom is 0.333 e. The molecule has 3 nitrogen and oxygen atoms in total. The van der Waals surface area contributed by atoms with Crippen LogP contribution in [0.3, 0.4) is 0 Å². The SMILES string of the molecule is CC(C)(C)c1ccc(N(c2ccc(C(C)(C)C)cc2)c2ccc3c(c2)N(c2ccc4c(c2)C(C)(C)CCC4(C)C)B2c4cccc5c4N(c4cc6ccccc6cc4C5(C)C)c4c2c-3cc2c4C(C)(C)c3ccccc3-2)cc1. The fraction of sp³-hybridized carbons (Fsp3) is 0.297. The molecular formula is C74H74BN3. The summed E-state index contributed by atoms with van der Waals surface area (Å²) in [5, 5.41) is 2.55. The first kappa shape index (κ1) is 49.0. The Labute approximate surface area is 465 Å².